The van der Waals surface area contributed by atoms with Crippen molar-refractivity contribution >= 4 is 39.5 Å². The molecule has 0 fully saturated rings. The molecule has 4 rings (SSSR count). The van der Waals surface area contributed by atoms with Gasteiger partial charge in [-0.15, -0.1) is 11.3 Å². The number of nitrogens with zero attached hydrogens (tertiary/aromatic N) is 1. The predicted molar refractivity (Wildman–Crippen MR) is 135 cm³/mol. The van der Waals surface area contributed by atoms with E-state index in [-0.39, 0.29) is 17.0 Å². The van der Waals surface area contributed by atoms with Gasteiger partial charge < -0.3 is 10.6 Å². The molecule has 0 spiro atoms. The Morgan fingerprint density at radius 3 is 2.29 bits per heavy atom. The number of hydrogen-bond donors (Lipinski definition) is 2. The normalized spacial score (nSPS) is 15.3. The Labute approximate surface area is 202 Å². The van der Waals surface area contributed by atoms with Crippen LogP contribution < -0.4 is 10.6 Å². The Balaban J connectivity index is 1.66. The summed E-state index contributed by atoms with van der Waals surface area (Å²) in [5.74, 6) is -0.173. The minimum Gasteiger partial charge on any atom is -0.322 e. The highest BCUT2D eigenvalue weighted by atomic mass is 32.1. The van der Waals surface area contributed by atoms with Crippen LogP contribution in [0, 0.1) is 21.4 Å². The summed E-state index contributed by atoms with van der Waals surface area (Å²) in [4.78, 5) is 37.8. The quantitative estimate of drug-likeness (QED) is 0.332. The van der Waals surface area contributed by atoms with Crippen LogP contribution in [0.25, 0.3) is 0 Å². The molecular formula is C26H27N3O4S. The summed E-state index contributed by atoms with van der Waals surface area (Å²) in [5.41, 5.74) is 2.54. The summed E-state index contributed by atoms with van der Waals surface area (Å²) in [7, 11) is 0. The minimum absolute atomic E-state index is 0.0840. The zero-order chi connectivity index (χ0) is 24.5. The largest absolute Gasteiger partial charge is 0.322 e. The SMILES string of the molecule is CC(C)(C)C1CCc2c(sc(NC(=O)c3ccc([N+](=O)[O-])cc3)c2C(=O)Nc2ccccc2)C1. The smallest absolute Gasteiger partial charge is 0.269 e. The van der Waals surface area contributed by atoms with E-state index in [1.807, 2.05) is 30.3 Å². The molecule has 1 atom stereocenters. The molecule has 7 nitrogen and oxygen atoms in total. The molecule has 1 heterocycles. The van der Waals surface area contributed by atoms with Gasteiger partial charge in [-0.05, 0) is 60.4 Å². The van der Waals surface area contributed by atoms with E-state index in [4.69, 9.17) is 0 Å². The highest BCUT2D eigenvalue weighted by Gasteiger charge is 2.34. The summed E-state index contributed by atoms with van der Waals surface area (Å²) < 4.78 is 0. The lowest BCUT2D eigenvalue weighted by Crippen LogP contribution is -2.27. The Morgan fingerprint density at radius 1 is 1.00 bits per heavy atom. The van der Waals surface area contributed by atoms with Crippen LogP contribution in [0.4, 0.5) is 16.4 Å². The third-order valence-corrected chi connectivity index (χ3v) is 7.49. The molecule has 176 valence electrons. The Morgan fingerprint density at radius 2 is 1.68 bits per heavy atom. The van der Waals surface area contributed by atoms with E-state index >= 15 is 0 Å². The number of fused-ring (bicyclic) bond motifs is 1. The maximum Gasteiger partial charge on any atom is 0.269 e. The summed E-state index contributed by atoms with van der Waals surface area (Å²) in [6.07, 6.45) is 2.62. The molecule has 0 saturated carbocycles. The maximum atomic E-state index is 13.4. The van der Waals surface area contributed by atoms with Gasteiger partial charge in [0.05, 0.1) is 10.5 Å². The number of para-hydroxylation sites is 1. The number of nitrogens with one attached hydrogen (secondary N) is 2. The number of nitro benzene ring substituents is 1. The predicted octanol–water partition coefficient (Wildman–Crippen LogP) is 6.31. The fourth-order valence-corrected chi connectivity index (χ4v) is 5.60. The molecule has 34 heavy (non-hydrogen) atoms. The van der Waals surface area contributed by atoms with Gasteiger partial charge in [0.25, 0.3) is 17.5 Å². The van der Waals surface area contributed by atoms with E-state index in [1.54, 1.807) is 0 Å². The minimum atomic E-state index is -0.507. The Hall–Kier alpha value is -3.52. The molecule has 2 N–H and O–H groups in total. The van der Waals surface area contributed by atoms with E-state index in [0.717, 1.165) is 29.7 Å². The molecule has 0 saturated heterocycles. The zero-order valence-electron chi connectivity index (χ0n) is 19.4. The zero-order valence-corrected chi connectivity index (χ0v) is 20.2. The van der Waals surface area contributed by atoms with Gasteiger partial charge in [0, 0.05) is 28.3 Å². The number of rotatable bonds is 5. The van der Waals surface area contributed by atoms with Gasteiger partial charge in [0.15, 0.2) is 0 Å². The second-order valence-electron chi connectivity index (χ2n) is 9.59. The van der Waals surface area contributed by atoms with Crippen molar-refractivity contribution in [3.05, 3.63) is 86.3 Å². The Kier molecular flexibility index (Phi) is 6.52. The fourth-order valence-electron chi connectivity index (χ4n) is 4.28. The van der Waals surface area contributed by atoms with Crippen molar-refractivity contribution in [1.29, 1.82) is 0 Å². The number of thiophene rings is 1. The van der Waals surface area contributed by atoms with Crippen LogP contribution in [0.2, 0.25) is 0 Å². The molecule has 0 radical (unpaired) electrons. The van der Waals surface area contributed by atoms with Crippen LogP contribution >= 0.6 is 11.3 Å². The number of nitro groups is 1. The number of hydrogen-bond acceptors (Lipinski definition) is 5. The summed E-state index contributed by atoms with van der Waals surface area (Å²) >= 11 is 1.45. The lowest BCUT2D eigenvalue weighted by Gasteiger charge is -2.33. The van der Waals surface area contributed by atoms with Gasteiger partial charge >= 0.3 is 0 Å². The van der Waals surface area contributed by atoms with Gasteiger partial charge in [-0.25, -0.2) is 0 Å². The molecule has 3 aromatic rings. The van der Waals surface area contributed by atoms with Crippen molar-refractivity contribution in [2.45, 2.75) is 40.0 Å². The molecule has 0 aliphatic heterocycles. The topological polar surface area (TPSA) is 101 Å². The molecule has 8 heteroatoms. The van der Waals surface area contributed by atoms with E-state index in [9.17, 15) is 19.7 Å². The van der Waals surface area contributed by atoms with Gasteiger partial charge in [0.2, 0.25) is 0 Å². The lowest BCUT2D eigenvalue weighted by atomic mass is 9.72. The second kappa shape index (κ2) is 9.38. The number of carbonyl (C=O) groups is 2. The van der Waals surface area contributed by atoms with Crippen molar-refractivity contribution in [2.24, 2.45) is 11.3 Å². The van der Waals surface area contributed by atoms with Gasteiger partial charge in [0.1, 0.15) is 5.00 Å². The first-order chi connectivity index (χ1) is 16.1. The first kappa shape index (κ1) is 23.6. The van der Waals surface area contributed by atoms with Gasteiger partial charge in [-0.3, -0.25) is 19.7 Å². The lowest BCUT2D eigenvalue weighted by molar-refractivity contribution is -0.384. The first-order valence-electron chi connectivity index (χ1n) is 11.2. The van der Waals surface area contributed by atoms with Gasteiger partial charge in [-0.2, -0.15) is 0 Å². The molecule has 1 unspecified atom stereocenters. The molecule has 1 aliphatic rings. The molecule has 1 aliphatic carbocycles. The Bertz CT molecular complexity index is 1230. The average molecular weight is 478 g/mol. The molecule has 2 amide bonds. The summed E-state index contributed by atoms with van der Waals surface area (Å²) in [5, 5.41) is 17.3. The van der Waals surface area contributed by atoms with Gasteiger partial charge in [-0.1, -0.05) is 39.0 Å². The van der Waals surface area contributed by atoms with Crippen molar-refractivity contribution in [3.63, 3.8) is 0 Å². The van der Waals surface area contributed by atoms with E-state index in [1.165, 1.54) is 35.6 Å². The van der Waals surface area contributed by atoms with Crippen LogP contribution in [-0.2, 0) is 12.8 Å². The molecule has 1 aromatic heterocycles. The number of anilines is 2. The summed E-state index contributed by atoms with van der Waals surface area (Å²) in [6, 6.07) is 14.7. The van der Waals surface area contributed by atoms with Crippen LogP contribution in [0.1, 0.15) is 58.3 Å². The number of benzene rings is 2. The second-order valence-corrected chi connectivity index (χ2v) is 10.7. The number of amides is 2. The van der Waals surface area contributed by atoms with Crippen molar-refractivity contribution in [3.8, 4) is 0 Å². The van der Waals surface area contributed by atoms with E-state index in [0.29, 0.717) is 27.7 Å². The van der Waals surface area contributed by atoms with Crippen molar-refractivity contribution in [2.75, 3.05) is 10.6 Å². The third-order valence-electron chi connectivity index (χ3n) is 6.32. The van der Waals surface area contributed by atoms with Crippen LogP contribution in [0.15, 0.2) is 54.6 Å². The summed E-state index contributed by atoms with van der Waals surface area (Å²) in [6.45, 7) is 6.70. The van der Waals surface area contributed by atoms with E-state index < -0.39 is 10.8 Å². The van der Waals surface area contributed by atoms with Crippen LogP contribution in [0.5, 0.6) is 0 Å². The number of carbonyl (C=O) groups excluding carboxylic acids is 2. The standard InChI is InChI=1S/C26H27N3O4S/c1-26(2,3)17-11-14-20-21(15-17)34-25(22(20)24(31)27-18-7-5-4-6-8-18)28-23(30)16-9-12-19(13-10-16)29(32)33/h4-10,12-13,17H,11,14-15H2,1-3H3,(H,27,31)(H,28,30). The molecular weight excluding hydrogens is 450 g/mol. The van der Waals surface area contributed by atoms with Crippen LogP contribution in [0.3, 0.4) is 0 Å². The first-order valence-corrected chi connectivity index (χ1v) is 12.0. The van der Waals surface area contributed by atoms with E-state index in [2.05, 4.69) is 31.4 Å². The molecule has 0 bridgehead atoms. The monoisotopic (exact) mass is 477 g/mol. The number of non-ortho nitro benzene ring substituents is 1. The average Bonchev–Trinajstić information content (AvgIpc) is 3.16. The van der Waals surface area contributed by atoms with Crippen molar-refractivity contribution < 1.29 is 14.5 Å². The molecule has 2 aromatic carbocycles. The third kappa shape index (κ3) is 5.02. The maximum absolute atomic E-state index is 13.4. The highest BCUT2D eigenvalue weighted by Crippen LogP contribution is 2.44. The van der Waals surface area contributed by atoms with Crippen molar-refractivity contribution in [1.82, 2.24) is 0 Å². The highest BCUT2D eigenvalue weighted by molar-refractivity contribution is 7.17. The van der Waals surface area contributed by atoms with Crippen LogP contribution in [-0.4, -0.2) is 16.7 Å². The fraction of sp³-hybridized carbons (Fsp3) is 0.308.